The van der Waals surface area contributed by atoms with Crippen molar-refractivity contribution in [2.45, 2.75) is 228 Å². The van der Waals surface area contributed by atoms with Crippen molar-refractivity contribution >= 4 is 22.3 Å². The maximum Gasteiger partial charge on any atom is 0.397 e. The minimum Gasteiger partial charge on any atom is -0.459 e. The van der Waals surface area contributed by atoms with E-state index in [0.29, 0.717) is 25.7 Å². The van der Waals surface area contributed by atoms with Crippen LogP contribution in [0.5, 0.6) is 0 Å². The van der Waals surface area contributed by atoms with Crippen LogP contribution in [0.15, 0.2) is 35.5 Å². The SMILES string of the molecule is CO[C@@H]1[C@@H](O)[C@H](O[C@@H]2[C@@H](O)[C@H](O[C@@H]3[C@@H](O)[C@@H](O)[C@H](O[C@H]4[C@H](O[C@H]5CC[C@]6(C)[C@@H]7CC[C@]89C(=O)O[C@@](C)(/C=C/C=C(C)C)[C@@]8(O)[C@@H](OC(C)=O)C[C@@]9(C)C7=CC[C@H]6C5(C)C)OC[C@@H](OS(=O)(=O)O)[C@@H]4O)O[C@@H]3CO)OC[C@H]2O)O[C@H](CO)[C@H]1O. The number of hydrogen-bond acceptors (Lipinski definition) is 26. The molecule has 0 aromatic heterocycles. The molecule has 27 atom stereocenters. The van der Waals surface area contributed by atoms with Crippen LogP contribution in [0, 0.1) is 33.5 Å². The number of aliphatic hydroxyl groups excluding tert-OH is 9. The zero-order chi connectivity index (χ0) is 60.9. The molecule has 27 nitrogen and oxygen atoms in total. The number of hydrogen-bond donors (Lipinski definition) is 11. The first kappa shape index (κ1) is 64.7. The Balaban J connectivity index is 0.929. The molecule has 1 spiro atoms. The number of ether oxygens (including phenoxy) is 11. The minimum atomic E-state index is -5.22. The molecular weight excluding hydrogens is 1120 g/mol. The van der Waals surface area contributed by atoms with E-state index in [1.54, 1.807) is 19.1 Å². The summed E-state index contributed by atoms with van der Waals surface area (Å²) in [6.07, 6.45) is -23.2. The second-order valence-corrected chi connectivity index (χ2v) is 26.4. The fourth-order valence-corrected chi connectivity index (χ4v) is 16.4. The van der Waals surface area contributed by atoms with Gasteiger partial charge in [-0.2, -0.15) is 8.42 Å². The van der Waals surface area contributed by atoms with Crippen molar-refractivity contribution in [3.63, 3.8) is 0 Å². The number of aliphatic hydroxyl groups is 10. The molecule has 5 heterocycles. The Kier molecular flexibility index (Phi) is 18.5. The average Bonchev–Trinajstić information content (AvgIpc) is 1.58. The van der Waals surface area contributed by atoms with Gasteiger partial charge in [-0.3, -0.25) is 14.1 Å². The van der Waals surface area contributed by atoms with Gasteiger partial charge in [-0.05, 0) is 88.0 Å². The minimum absolute atomic E-state index is 0.121. The van der Waals surface area contributed by atoms with E-state index in [-0.39, 0.29) is 24.7 Å². The van der Waals surface area contributed by atoms with E-state index in [1.807, 2.05) is 40.7 Å². The van der Waals surface area contributed by atoms with Gasteiger partial charge in [0.1, 0.15) is 97.0 Å². The van der Waals surface area contributed by atoms with Crippen molar-refractivity contribution in [3.05, 3.63) is 35.5 Å². The molecule has 0 radical (unpaired) electrons. The molecule has 0 unspecified atom stereocenters. The fraction of sp³-hybridized carbons (Fsp3) is 0.855. The third-order valence-corrected chi connectivity index (χ3v) is 20.5. The molecule has 9 aliphatic rings. The van der Waals surface area contributed by atoms with Crippen LogP contribution < -0.4 is 0 Å². The first-order valence-corrected chi connectivity index (χ1v) is 29.6. The van der Waals surface area contributed by atoms with Gasteiger partial charge in [-0.1, -0.05) is 57.1 Å². The fourth-order valence-electron chi connectivity index (χ4n) is 15.9. The molecule has 5 saturated heterocycles. The van der Waals surface area contributed by atoms with E-state index in [1.165, 1.54) is 14.0 Å². The summed E-state index contributed by atoms with van der Waals surface area (Å²) in [7, 11) is -4.03. The van der Waals surface area contributed by atoms with Crippen LogP contribution in [0.4, 0.5) is 0 Å². The largest absolute Gasteiger partial charge is 0.459 e. The van der Waals surface area contributed by atoms with Crippen LogP contribution in [-0.4, -0.2) is 244 Å². The number of rotatable bonds is 16. The lowest BCUT2D eigenvalue weighted by molar-refractivity contribution is -0.385. The molecule has 0 bridgehead atoms. The van der Waals surface area contributed by atoms with Crippen molar-refractivity contribution in [1.82, 2.24) is 0 Å². The second kappa shape index (κ2) is 23.7. The molecule has 4 aliphatic carbocycles. The Bertz CT molecular complexity index is 2580. The Morgan fingerprint density at radius 1 is 0.735 bits per heavy atom. The zero-order valence-electron chi connectivity index (χ0n) is 47.9. The number of cyclic esters (lactones) is 1. The predicted molar refractivity (Wildman–Crippen MR) is 278 cm³/mol. The molecule has 83 heavy (non-hydrogen) atoms. The maximum atomic E-state index is 14.7. The average molecular weight is 1210 g/mol. The van der Waals surface area contributed by atoms with Crippen molar-refractivity contribution in [2.75, 3.05) is 33.5 Å². The third-order valence-electron chi connectivity index (χ3n) is 20.0. The van der Waals surface area contributed by atoms with Gasteiger partial charge in [0.2, 0.25) is 0 Å². The molecular formula is C55H84O27S. The Morgan fingerprint density at radius 2 is 1.36 bits per heavy atom. The monoisotopic (exact) mass is 1210 g/mol. The summed E-state index contributed by atoms with van der Waals surface area (Å²) in [6, 6.07) is 0. The normalized spacial score (nSPS) is 49.6. The van der Waals surface area contributed by atoms with Crippen molar-refractivity contribution in [3.8, 4) is 0 Å². The zero-order valence-corrected chi connectivity index (χ0v) is 48.8. The van der Waals surface area contributed by atoms with E-state index in [0.717, 1.165) is 11.1 Å². The van der Waals surface area contributed by atoms with Crippen molar-refractivity contribution in [1.29, 1.82) is 0 Å². The highest BCUT2D eigenvalue weighted by Gasteiger charge is 2.87. The molecule has 0 amide bonds. The van der Waals surface area contributed by atoms with Crippen molar-refractivity contribution in [2.24, 2.45) is 33.5 Å². The predicted octanol–water partition coefficient (Wildman–Crippen LogP) is -1.52. The highest BCUT2D eigenvalue weighted by molar-refractivity contribution is 7.80. The van der Waals surface area contributed by atoms with Crippen LogP contribution in [0.3, 0.4) is 0 Å². The number of methoxy groups -OCH3 is 1. The summed E-state index contributed by atoms with van der Waals surface area (Å²) >= 11 is 0. The number of esters is 2. The highest BCUT2D eigenvalue weighted by atomic mass is 32.3. The van der Waals surface area contributed by atoms with Gasteiger partial charge in [0, 0.05) is 19.4 Å². The van der Waals surface area contributed by atoms with Gasteiger partial charge in [0.25, 0.3) is 0 Å². The number of fused-ring (bicyclic) bond motifs is 4. The van der Waals surface area contributed by atoms with Crippen LogP contribution >= 0.6 is 0 Å². The van der Waals surface area contributed by atoms with E-state index in [4.69, 9.17) is 56.3 Å². The quantitative estimate of drug-likeness (QED) is 0.0362. The second-order valence-electron chi connectivity index (χ2n) is 25.4. The summed E-state index contributed by atoms with van der Waals surface area (Å²) in [4.78, 5) is 27.5. The summed E-state index contributed by atoms with van der Waals surface area (Å²) in [5, 5.41) is 112. The first-order valence-electron chi connectivity index (χ1n) is 28.3. The first-order chi connectivity index (χ1) is 38.8. The number of allylic oxidation sites excluding steroid dienone is 5. The van der Waals surface area contributed by atoms with Gasteiger partial charge in [-0.15, -0.1) is 0 Å². The molecule has 28 heteroatoms. The lowest BCUT2D eigenvalue weighted by Gasteiger charge is -2.64. The van der Waals surface area contributed by atoms with Gasteiger partial charge in [0.05, 0.1) is 32.5 Å². The lowest BCUT2D eigenvalue weighted by atomic mass is 9.40. The summed E-state index contributed by atoms with van der Waals surface area (Å²) in [5.74, 6) is -1.41. The molecule has 5 aliphatic heterocycles. The third kappa shape index (κ3) is 10.8. The van der Waals surface area contributed by atoms with Crippen LogP contribution in [0.25, 0.3) is 0 Å². The summed E-state index contributed by atoms with van der Waals surface area (Å²) in [6.45, 7) is 12.1. The van der Waals surface area contributed by atoms with E-state index < -0.39 is 204 Å². The van der Waals surface area contributed by atoms with E-state index >= 15 is 0 Å². The van der Waals surface area contributed by atoms with Crippen LogP contribution in [0.1, 0.15) is 93.9 Å². The smallest absolute Gasteiger partial charge is 0.397 e. The standard InChI is InChI=1S/C55H84O27S/c1-24(2)11-10-16-53(8)55(67)34(74-25(3)58)19-52(7)27-12-13-32-50(4,5)33(15-17-51(32,6)26(27)14-18-54(52,55)49(66)81-53)77-48-44(36(61)31(23-73-48)82-83(68,69)70)80-46-38(63)37(62)42(30(21-57)76-46)79-45-39(64)41(28(59)22-72-45)78-47-40(65)43(71-9)35(60)29(20-56)75-47/h10-12,16,26,28-48,56-57,59-65,67H,13-15,17-23H2,1-9H3,(H,68,69,70)/b16-10+/t26-,28-,29-,30-,31-,32+,33+,34+,35-,36+,37+,38-,39-,40-,41+,42+,43+,44-,45+,46+,47+,48+,51-,52+,53+,54-,55+/m1/s1. The van der Waals surface area contributed by atoms with E-state index in [2.05, 4.69) is 13.0 Å². The Hall–Kier alpha value is -2.73. The van der Waals surface area contributed by atoms with Crippen molar-refractivity contribution < 1.29 is 130 Å². The van der Waals surface area contributed by atoms with Crippen LogP contribution in [-0.2, 0) is 76.3 Å². The molecule has 472 valence electrons. The van der Waals surface area contributed by atoms with Gasteiger partial charge in [-0.25, -0.2) is 4.18 Å². The molecule has 8 fully saturated rings. The number of carbonyl (C=O) groups is 2. The summed E-state index contributed by atoms with van der Waals surface area (Å²) in [5.41, 5.74) is -5.20. The van der Waals surface area contributed by atoms with Gasteiger partial charge >= 0.3 is 22.3 Å². The highest BCUT2D eigenvalue weighted by Crippen LogP contribution is 2.77. The van der Waals surface area contributed by atoms with Gasteiger partial charge in [0.15, 0.2) is 36.4 Å². The van der Waals surface area contributed by atoms with E-state index in [9.17, 15) is 73.6 Å². The topological polar surface area (TPSA) is 402 Å². The maximum absolute atomic E-state index is 14.7. The van der Waals surface area contributed by atoms with Gasteiger partial charge < -0.3 is 103 Å². The Morgan fingerprint density at radius 3 is 2.00 bits per heavy atom. The molecule has 11 N–H and O–H groups in total. The summed E-state index contributed by atoms with van der Waals surface area (Å²) < 4.78 is 103. The Labute approximate surface area is 481 Å². The molecule has 3 saturated carbocycles. The molecule has 0 aromatic carbocycles. The van der Waals surface area contributed by atoms with Crippen LogP contribution in [0.2, 0.25) is 0 Å². The molecule has 9 rings (SSSR count). The molecule has 0 aromatic rings. The lowest BCUT2D eigenvalue weighted by Crippen LogP contribution is -2.66. The number of carbonyl (C=O) groups excluding carboxylic acids is 2.